The molecule has 0 radical (unpaired) electrons. The van der Waals surface area contributed by atoms with Crippen LogP contribution in [0.3, 0.4) is 0 Å². The summed E-state index contributed by atoms with van der Waals surface area (Å²) in [5.41, 5.74) is 7.77. The number of aryl methyl sites for hydroxylation is 2. The Morgan fingerprint density at radius 2 is 2.17 bits per heavy atom. The fourth-order valence-electron chi connectivity index (χ4n) is 1.59. The minimum Gasteiger partial charge on any atom is -0.486 e. The Labute approximate surface area is 119 Å². The van der Waals surface area contributed by atoms with Gasteiger partial charge in [-0.15, -0.1) is 11.3 Å². The van der Waals surface area contributed by atoms with Gasteiger partial charge in [-0.3, -0.25) is 0 Å². The van der Waals surface area contributed by atoms with E-state index in [4.69, 9.17) is 10.5 Å². The monoisotopic (exact) mass is 326 g/mol. The Bertz CT molecular complexity index is 534. The number of hydrogen-bond donors (Lipinski definition) is 1. The van der Waals surface area contributed by atoms with Gasteiger partial charge >= 0.3 is 0 Å². The van der Waals surface area contributed by atoms with E-state index in [0.717, 1.165) is 26.5 Å². The number of halogens is 1. The van der Waals surface area contributed by atoms with Crippen LogP contribution in [0.1, 0.15) is 21.1 Å². The highest BCUT2D eigenvalue weighted by Gasteiger charge is 2.07. The van der Waals surface area contributed by atoms with E-state index in [-0.39, 0.29) is 0 Å². The van der Waals surface area contributed by atoms with Crippen LogP contribution in [0.15, 0.2) is 22.7 Å². The van der Waals surface area contributed by atoms with Crippen LogP contribution in [-0.4, -0.2) is 4.98 Å². The molecule has 0 aliphatic rings. The fraction of sp³-hybridized carbons (Fsp3) is 0.308. The van der Waals surface area contributed by atoms with Gasteiger partial charge in [0, 0.05) is 21.5 Å². The number of rotatable bonds is 4. The van der Waals surface area contributed by atoms with Crippen molar-refractivity contribution in [3.05, 3.63) is 43.8 Å². The highest BCUT2D eigenvalue weighted by molar-refractivity contribution is 9.10. The smallest absolute Gasteiger partial charge is 0.140 e. The summed E-state index contributed by atoms with van der Waals surface area (Å²) in [5.74, 6) is 0.825. The molecule has 1 aromatic carbocycles. The Morgan fingerprint density at radius 3 is 2.78 bits per heavy atom. The molecule has 18 heavy (non-hydrogen) atoms. The second-order valence-electron chi connectivity index (χ2n) is 3.99. The molecule has 1 aromatic heterocycles. The van der Waals surface area contributed by atoms with Crippen molar-refractivity contribution in [1.82, 2.24) is 4.98 Å². The van der Waals surface area contributed by atoms with Crippen molar-refractivity contribution < 1.29 is 4.74 Å². The second kappa shape index (κ2) is 5.82. The summed E-state index contributed by atoms with van der Waals surface area (Å²) >= 11 is 5.10. The maximum absolute atomic E-state index is 5.78. The third-order valence-corrected chi connectivity index (χ3v) is 4.21. The largest absolute Gasteiger partial charge is 0.486 e. The highest BCUT2D eigenvalue weighted by Crippen LogP contribution is 2.25. The minimum atomic E-state index is 0.463. The molecule has 0 unspecified atom stereocenters. The van der Waals surface area contributed by atoms with Crippen molar-refractivity contribution >= 4 is 27.3 Å². The van der Waals surface area contributed by atoms with Crippen LogP contribution in [0, 0.1) is 13.8 Å². The molecule has 2 N–H and O–H groups in total. The van der Waals surface area contributed by atoms with Gasteiger partial charge in [0.25, 0.3) is 0 Å². The zero-order valence-corrected chi connectivity index (χ0v) is 12.8. The summed E-state index contributed by atoms with van der Waals surface area (Å²) in [5, 5.41) is 0.996. The van der Waals surface area contributed by atoms with Crippen LogP contribution >= 0.6 is 27.3 Å². The molecule has 3 nitrogen and oxygen atoms in total. The first kappa shape index (κ1) is 13.5. The van der Waals surface area contributed by atoms with Gasteiger partial charge in [-0.05, 0) is 32.0 Å². The Kier molecular flexibility index (Phi) is 4.37. The molecular formula is C13H15BrN2OS. The molecule has 0 aliphatic carbocycles. The summed E-state index contributed by atoms with van der Waals surface area (Å²) in [7, 11) is 0. The summed E-state index contributed by atoms with van der Waals surface area (Å²) in [4.78, 5) is 5.69. The molecular weight excluding hydrogens is 312 g/mol. The Balaban J connectivity index is 2.10. The summed E-state index contributed by atoms with van der Waals surface area (Å²) < 4.78 is 6.79. The SMILES string of the molecule is Cc1nc(COc2ccc(Br)cc2CN)sc1C. The Hall–Kier alpha value is -0.910. The molecule has 2 aromatic rings. The maximum atomic E-state index is 5.78. The lowest BCUT2D eigenvalue weighted by Gasteiger charge is -2.09. The number of hydrogen-bond acceptors (Lipinski definition) is 4. The quantitative estimate of drug-likeness (QED) is 0.934. The average Bonchev–Trinajstić information content (AvgIpc) is 2.67. The molecule has 0 amide bonds. The number of aromatic nitrogens is 1. The minimum absolute atomic E-state index is 0.463. The predicted molar refractivity (Wildman–Crippen MR) is 78.0 cm³/mol. The number of benzene rings is 1. The average molecular weight is 327 g/mol. The maximum Gasteiger partial charge on any atom is 0.140 e. The van der Waals surface area contributed by atoms with Crippen molar-refractivity contribution in [3.63, 3.8) is 0 Å². The van der Waals surface area contributed by atoms with E-state index < -0.39 is 0 Å². The molecule has 2 rings (SSSR count). The molecule has 0 bridgehead atoms. The predicted octanol–water partition coefficient (Wildman–Crippen LogP) is 3.56. The highest BCUT2D eigenvalue weighted by atomic mass is 79.9. The number of nitrogens with zero attached hydrogens (tertiary/aromatic N) is 1. The van der Waals surface area contributed by atoms with E-state index in [9.17, 15) is 0 Å². The molecule has 0 atom stereocenters. The van der Waals surface area contributed by atoms with Crippen LogP contribution in [0.25, 0.3) is 0 Å². The van der Waals surface area contributed by atoms with Gasteiger partial charge in [0.05, 0.1) is 5.69 Å². The second-order valence-corrected chi connectivity index (χ2v) is 6.20. The lowest BCUT2D eigenvalue weighted by Crippen LogP contribution is -2.02. The summed E-state index contributed by atoms with van der Waals surface area (Å²) in [6.07, 6.45) is 0. The number of ether oxygens (including phenoxy) is 1. The molecule has 96 valence electrons. The topological polar surface area (TPSA) is 48.1 Å². The van der Waals surface area contributed by atoms with Gasteiger partial charge < -0.3 is 10.5 Å². The van der Waals surface area contributed by atoms with E-state index in [2.05, 4.69) is 27.8 Å². The van der Waals surface area contributed by atoms with Crippen molar-refractivity contribution in [2.24, 2.45) is 5.73 Å². The van der Waals surface area contributed by atoms with Crippen molar-refractivity contribution in [1.29, 1.82) is 0 Å². The third-order valence-electron chi connectivity index (χ3n) is 2.67. The van der Waals surface area contributed by atoms with E-state index in [0.29, 0.717) is 13.2 Å². The van der Waals surface area contributed by atoms with Gasteiger partial charge in [0.1, 0.15) is 17.4 Å². The van der Waals surface area contributed by atoms with Gasteiger partial charge in [-0.25, -0.2) is 4.98 Å². The zero-order valence-electron chi connectivity index (χ0n) is 10.4. The van der Waals surface area contributed by atoms with Crippen LogP contribution in [0.5, 0.6) is 5.75 Å². The van der Waals surface area contributed by atoms with E-state index in [1.165, 1.54) is 4.88 Å². The van der Waals surface area contributed by atoms with Crippen LogP contribution in [0.2, 0.25) is 0 Å². The summed E-state index contributed by atoms with van der Waals surface area (Å²) in [6, 6.07) is 5.86. The molecule has 0 fully saturated rings. The Morgan fingerprint density at radius 1 is 1.39 bits per heavy atom. The zero-order chi connectivity index (χ0) is 13.1. The first-order valence-corrected chi connectivity index (χ1v) is 7.25. The van der Waals surface area contributed by atoms with Crippen molar-refractivity contribution in [2.45, 2.75) is 27.0 Å². The first-order valence-electron chi connectivity index (χ1n) is 5.64. The molecule has 1 heterocycles. The van der Waals surface area contributed by atoms with E-state index in [1.807, 2.05) is 25.1 Å². The van der Waals surface area contributed by atoms with E-state index in [1.54, 1.807) is 11.3 Å². The van der Waals surface area contributed by atoms with Crippen LogP contribution in [-0.2, 0) is 13.2 Å². The van der Waals surface area contributed by atoms with E-state index >= 15 is 0 Å². The first-order chi connectivity index (χ1) is 8.60. The standard InChI is InChI=1S/C13H15BrN2OS/c1-8-9(2)18-13(16-8)7-17-12-4-3-11(14)5-10(12)6-15/h3-5H,6-7,15H2,1-2H3. The lowest BCUT2D eigenvalue weighted by molar-refractivity contribution is 0.302. The van der Waals surface area contributed by atoms with Gasteiger partial charge in [0.15, 0.2) is 0 Å². The van der Waals surface area contributed by atoms with Gasteiger partial charge in [-0.1, -0.05) is 15.9 Å². The van der Waals surface area contributed by atoms with Crippen LogP contribution < -0.4 is 10.5 Å². The van der Waals surface area contributed by atoms with Gasteiger partial charge in [-0.2, -0.15) is 0 Å². The molecule has 0 spiro atoms. The molecule has 0 aliphatic heterocycles. The van der Waals surface area contributed by atoms with Crippen LogP contribution in [0.4, 0.5) is 0 Å². The van der Waals surface area contributed by atoms with Gasteiger partial charge in [0.2, 0.25) is 0 Å². The third kappa shape index (κ3) is 3.10. The molecule has 0 saturated heterocycles. The number of thiazole rings is 1. The van der Waals surface area contributed by atoms with Crippen molar-refractivity contribution in [3.8, 4) is 5.75 Å². The fourth-order valence-corrected chi connectivity index (χ4v) is 2.84. The molecule has 5 heteroatoms. The normalized spacial score (nSPS) is 10.7. The summed E-state index contributed by atoms with van der Waals surface area (Å²) in [6.45, 7) is 5.04. The lowest BCUT2D eigenvalue weighted by atomic mass is 10.2. The van der Waals surface area contributed by atoms with Crippen molar-refractivity contribution in [2.75, 3.05) is 0 Å². The molecule has 0 saturated carbocycles. The number of nitrogens with two attached hydrogens (primary N) is 1.